The van der Waals surface area contributed by atoms with Gasteiger partial charge in [0.1, 0.15) is 11.4 Å². The van der Waals surface area contributed by atoms with Crippen LogP contribution in [0.25, 0.3) is 11.0 Å². The Kier molecular flexibility index (Phi) is 5.60. The third-order valence-electron chi connectivity index (χ3n) is 5.40. The summed E-state index contributed by atoms with van der Waals surface area (Å²) in [6.07, 6.45) is -0.285. The topological polar surface area (TPSA) is 50.6 Å². The Morgan fingerprint density at radius 3 is 2.65 bits per heavy atom. The average molecular weight is 425 g/mol. The van der Waals surface area contributed by atoms with Crippen molar-refractivity contribution in [1.82, 2.24) is 14.5 Å². The number of hydrogen-bond acceptors (Lipinski definition) is 4. The molecular weight excluding hydrogens is 395 g/mol. The third kappa shape index (κ3) is 4.65. The molecule has 0 aliphatic carbocycles. The van der Waals surface area contributed by atoms with Crippen LogP contribution in [0.5, 0.6) is 0 Å². The van der Waals surface area contributed by atoms with E-state index < -0.39 is 5.60 Å². The summed E-state index contributed by atoms with van der Waals surface area (Å²) in [7, 11) is 0. The van der Waals surface area contributed by atoms with Gasteiger partial charge in [-0.15, -0.1) is 0 Å². The SMILES string of the molecule is C[C@@H]1CN(C(=O)OC(C)(C)C)CCN1c1nc2ccccc2n1Cc1cccc(F)c1. The molecule has 2 aromatic carbocycles. The molecule has 0 spiro atoms. The zero-order valence-corrected chi connectivity index (χ0v) is 18.5. The van der Waals surface area contributed by atoms with Crippen molar-refractivity contribution in [3.63, 3.8) is 0 Å². The van der Waals surface area contributed by atoms with Crippen LogP contribution in [-0.2, 0) is 11.3 Å². The van der Waals surface area contributed by atoms with Gasteiger partial charge in [0.15, 0.2) is 0 Å². The van der Waals surface area contributed by atoms with Gasteiger partial charge in [-0.3, -0.25) is 0 Å². The first-order valence-electron chi connectivity index (χ1n) is 10.7. The maximum Gasteiger partial charge on any atom is 0.410 e. The van der Waals surface area contributed by atoms with Gasteiger partial charge in [-0.05, 0) is 57.5 Å². The number of para-hydroxylation sites is 2. The van der Waals surface area contributed by atoms with E-state index in [9.17, 15) is 9.18 Å². The fraction of sp³-hybridized carbons (Fsp3) is 0.417. The van der Waals surface area contributed by atoms with E-state index in [2.05, 4.69) is 16.4 Å². The number of nitrogens with zero attached hydrogens (tertiary/aromatic N) is 4. The Balaban J connectivity index is 1.62. The molecular formula is C24H29FN4O2. The lowest BCUT2D eigenvalue weighted by molar-refractivity contribution is 0.0218. The Labute approximate surface area is 182 Å². The summed E-state index contributed by atoms with van der Waals surface area (Å²) in [5.74, 6) is 0.588. The highest BCUT2D eigenvalue weighted by atomic mass is 19.1. The van der Waals surface area contributed by atoms with Crippen LogP contribution in [0.15, 0.2) is 48.5 Å². The summed E-state index contributed by atoms with van der Waals surface area (Å²) in [4.78, 5) is 21.4. The van der Waals surface area contributed by atoms with E-state index in [1.807, 2.05) is 51.1 Å². The molecule has 0 N–H and O–H groups in total. The number of carbonyl (C=O) groups excluding carboxylic acids is 1. The van der Waals surface area contributed by atoms with Crippen molar-refractivity contribution in [3.8, 4) is 0 Å². The number of piperazine rings is 1. The Morgan fingerprint density at radius 2 is 1.94 bits per heavy atom. The standard InChI is InChI=1S/C24H29FN4O2/c1-17-15-27(23(30)31-24(2,3)4)12-13-28(17)22-26-20-10-5-6-11-21(20)29(22)16-18-8-7-9-19(25)14-18/h5-11,14,17H,12-13,15-16H2,1-4H3/t17-/m1/s1. The minimum atomic E-state index is -0.517. The number of imidazole rings is 1. The van der Waals surface area contributed by atoms with Crippen LogP contribution in [0.1, 0.15) is 33.3 Å². The molecule has 164 valence electrons. The summed E-state index contributed by atoms with van der Waals surface area (Å²) in [6, 6.07) is 14.7. The number of rotatable bonds is 3. The molecule has 2 heterocycles. The molecule has 7 heteroatoms. The van der Waals surface area contributed by atoms with Gasteiger partial charge < -0.3 is 19.1 Å². The third-order valence-corrected chi connectivity index (χ3v) is 5.40. The number of halogens is 1. The quantitative estimate of drug-likeness (QED) is 0.613. The van der Waals surface area contributed by atoms with Gasteiger partial charge in [-0.1, -0.05) is 24.3 Å². The first-order chi connectivity index (χ1) is 14.7. The Morgan fingerprint density at radius 1 is 1.16 bits per heavy atom. The predicted octanol–water partition coefficient (Wildman–Crippen LogP) is 4.67. The van der Waals surface area contributed by atoms with Gasteiger partial charge in [0.2, 0.25) is 5.95 Å². The van der Waals surface area contributed by atoms with Gasteiger partial charge in [-0.25, -0.2) is 14.2 Å². The first kappa shape index (κ1) is 21.2. The Bertz CT molecular complexity index is 1090. The minimum absolute atomic E-state index is 0.0596. The minimum Gasteiger partial charge on any atom is -0.444 e. The lowest BCUT2D eigenvalue weighted by atomic mass is 10.2. The molecule has 1 aliphatic heterocycles. The molecule has 0 radical (unpaired) electrons. The number of hydrogen-bond donors (Lipinski definition) is 0. The molecule has 1 aromatic heterocycles. The van der Waals surface area contributed by atoms with E-state index >= 15 is 0 Å². The average Bonchev–Trinajstić information content (AvgIpc) is 3.05. The largest absolute Gasteiger partial charge is 0.444 e. The number of anilines is 1. The van der Waals surface area contributed by atoms with E-state index in [0.717, 1.165) is 22.5 Å². The van der Waals surface area contributed by atoms with E-state index in [4.69, 9.17) is 9.72 Å². The second-order valence-corrected chi connectivity index (χ2v) is 9.09. The zero-order chi connectivity index (χ0) is 22.2. The maximum absolute atomic E-state index is 13.8. The molecule has 1 amide bonds. The van der Waals surface area contributed by atoms with Gasteiger partial charge in [-0.2, -0.15) is 0 Å². The second-order valence-electron chi connectivity index (χ2n) is 9.09. The predicted molar refractivity (Wildman–Crippen MR) is 120 cm³/mol. The highest BCUT2D eigenvalue weighted by Gasteiger charge is 2.32. The van der Waals surface area contributed by atoms with E-state index in [-0.39, 0.29) is 18.0 Å². The van der Waals surface area contributed by atoms with Crippen molar-refractivity contribution in [2.45, 2.75) is 45.9 Å². The number of aromatic nitrogens is 2. The molecule has 1 atom stereocenters. The molecule has 0 unspecified atom stereocenters. The van der Waals surface area contributed by atoms with Crippen molar-refractivity contribution < 1.29 is 13.9 Å². The van der Waals surface area contributed by atoms with Crippen molar-refractivity contribution in [1.29, 1.82) is 0 Å². The number of amides is 1. The number of carbonyl (C=O) groups is 1. The van der Waals surface area contributed by atoms with Crippen LogP contribution in [0.4, 0.5) is 15.1 Å². The summed E-state index contributed by atoms with van der Waals surface area (Å²) in [6.45, 7) is 9.99. The molecule has 4 rings (SSSR count). The van der Waals surface area contributed by atoms with Crippen LogP contribution < -0.4 is 4.90 Å². The molecule has 0 bridgehead atoms. The van der Waals surface area contributed by atoms with Crippen LogP contribution in [0.3, 0.4) is 0 Å². The molecule has 0 saturated carbocycles. The smallest absolute Gasteiger partial charge is 0.410 e. The van der Waals surface area contributed by atoms with Gasteiger partial charge in [0.25, 0.3) is 0 Å². The summed E-state index contributed by atoms with van der Waals surface area (Å²) < 4.78 is 21.4. The van der Waals surface area contributed by atoms with E-state index in [1.165, 1.54) is 6.07 Å². The summed E-state index contributed by atoms with van der Waals surface area (Å²) >= 11 is 0. The van der Waals surface area contributed by atoms with Crippen LogP contribution in [-0.4, -0.2) is 51.8 Å². The summed E-state index contributed by atoms with van der Waals surface area (Å²) in [5, 5.41) is 0. The van der Waals surface area contributed by atoms with Crippen molar-refractivity contribution >= 4 is 23.1 Å². The lowest BCUT2D eigenvalue weighted by Crippen LogP contribution is -2.55. The molecule has 1 saturated heterocycles. The highest BCUT2D eigenvalue weighted by molar-refractivity contribution is 5.79. The van der Waals surface area contributed by atoms with Crippen LogP contribution in [0.2, 0.25) is 0 Å². The number of benzene rings is 2. The van der Waals surface area contributed by atoms with Crippen LogP contribution in [0, 0.1) is 5.82 Å². The molecule has 31 heavy (non-hydrogen) atoms. The van der Waals surface area contributed by atoms with Gasteiger partial charge in [0, 0.05) is 25.7 Å². The van der Waals surface area contributed by atoms with Crippen molar-refractivity contribution in [2.24, 2.45) is 0 Å². The van der Waals surface area contributed by atoms with Crippen LogP contribution >= 0.6 is 0 Å². The van der Waals surface area contributed by atoms with Gasteiger partial charge >= 0.3 is 6.09 Å². The fourth-order valence-corrected chi connectivity index (χ4v) is 4.00. The van der Waals surface area contributed by atoms with E-state index in [1.54, 1.807) is 17.0 Å². The fourth-order valence-electron chi connectivity index (χ4n) is 4.00. The maximum atomic E-state index is 13.8. The lowest BCUT2D eigenvalue weighted by Gasteiger charge is -2.40. The summed E-state index contributed by atoms with van der Waals surface area (Å²) in [5.41, 5.74) is 2.26. The molecule has 1 aliphatic rings. The molecule has 3 aromatic rings. The van der Waals surface area contributed by atoms with Gasteiger partial charge in [0.05, 0.1) is 17.6 Å². The van der Waals surface area contributed by atoms with E-state index in [0.29, 0.717) is 26.2 Å². The second kappa shape index (κ2) is 8.21. The number of ether oxygens (including phenoxy) is 1. The van der Waals surface area contributed by atoms with Crippen molar-refractivity contribution in [2.75, 3.05) is 24.5 Å². The zero-order valence-electron chi connectivity index (χ0n) is 18.5. The number of fused-ring (bicyclic) bond motifs is 1. The highest BCUT2D eigenvalue weighted by Crippen LogP contribution is 2.27. The normalized spacial score (nSPS) is 17.3. The first-order valence-corrected chi connectivity index (χ1v) is 10.7. The monoisotopic (exact) mass is 424 g/mol. The molecule has 1 fully saturated rings. The molecule has 6 nitrogen and oxygen atoms in total. The van der Waals surface area contributed by atoms with Crippen molar-refractivity contribution in [3.05, 3.63) is 59.9 Å². The Hall–Kier alpha value is -3.09.